The van der Waals surface area contributed by atoms with Crippen molar-refractivity contribution in [2.75, 3.05) is 52.5 Å². The quantitative estimate of drug-likeness (QED) is 0.658. The summed E-state index contributed by atoms with van der Waals surface area (Å²) in [5, 5.41) is 0. The Hall–Kier alpha value is -0.160. The summed E-state index contributed by atoms with van der Waals surface area (Å²) in [4.78, 5) is 4.78. The van der Waals surface area contributed by atoms with Gasteiger partial charge in [0.1, 0.15) is 0 Å². The summed E-state index contributed by atoms with van der Waals surface area (Å²) in [5.41, 5.74) is 0. The van der Waals surface area contributed by atoms with Crippen LogP contribution in [0.15, 0.2) is 0 Å². The van der Waals surface area contributed by atoms with Crippen LogP contribution in [0.2, 0.25) is 0 Å². The van der Waals surface area contributed by atoms with Crippen molar-refractivity contribution in [1.29, 1.82) is 0 Å². The molecule has 0 spiro atoms. The first-order valence-electron chi connectivity index (χ1n) is 7.41. The zero-order valence-electron chi connectivity index (χ0n) is 12.5. The molecule has 108 valence electrons. The number of nitrogens with zero attached hydrogens (tertiary/aromatic N) is 2. The molecule has 0 aromatic carbocycles. The van der Waals surface area contributed by atoms with E-state index in [1.807, 2.05) is 0 Å². The Balaban J connectivity index is 2.23. The second kappa shape index (κ2) is 8.86. The molecule has 0 bridgehead atoms. The van der Waals surface area contributed by atoms with Crippen molar-refractivity contribution in [3.63, 3.8) is 0 Å². The molecule has 0 aromatic rings. The van der Waals surface area contributed by atoms with Crippen LogP contribution in [0.25, 0.3) is 0 Å². The van der Waals surface area contributed by atoms with Crippen LogP contribution in [0, 0.1) is 0 Å². The van der Waals surface area contributed by atoms with E-state index in [0.29, 0.717) is 0 Å². The van der Waals surface area contributed by atoms with Crippen molar-refractivity contribution in [2.24, 2.45) is 0 Å². The topological polar surface area (TPSA) is 24.9 Å². The predicted octanol–water partition coefficient (Wildman–Crippen LogP) is 1.45. The van der Waals surface area contributed by atoms with Crippen molar-refractivity contribution in [3.8, 4) is 0 Å². The summed E-state index contributed by atoms with van der Waals surface area (Å²) in [6.07, 6.45) is 0.496. The van der Waals surface area contributed by atoms with Crippen LogP contribution in [0.4, 0.5) is 0 Å². The maximum absolute atomic E-state index is 5.92. The van der Waals surface area contributed by atoms with E-state index in [0.717, 1.165) is 52.5 Å². The first kappa shape index (κ1) is 15.9. The Kier molecular flexibility index (Phi) is 7.82. The van der Waals surface area contributed by atoms with Crippen molar-refractivity contribution >= 4 is 0 Å². The number of rotatable bonds is 8. The summed E-state index contributed by atoms with van der Waals surface area (Å²) < 4.78 is 11.8. The van der Waals surface area contributed by atoms with Gasteiger partial charge in [-0.25, -0.2) is 0 Å². The highest BCUT2D eigenvalue weighted by Crippen LogP contribution is 2.10. The van der Waals surface area contributed by atoms with Crippen LogP contribution in [-0.2, 0) is 9.47 Å². The number of likely N-dealkylation sites (N-methyl/N-ethyl adjacent to an activating group) is 2. The molecule has 0 N–H and O–H groups in total. The van der Waals surface area contributed by atoms with E-state index < -0.39 is 0 Å². The lowest BCUT2D eigenvalue weighted by atomic mass is 10.2. The van der Waals surface area contributed by atoms with Crippen LogP contribution in [-0.4, -0.2) is 74.5 Å². The van der Waals surface area contributed by atoms with E-state index in [2.05, 4.69) is 37.5 Å². The molecule has 0 aliphatic carbocycles. The summed E-state index contributed by atoms with van der Waals surface area (Å²) in [5.74, 6) is 0. The second-order valence-electron chi connectivity index (χ2n) is 4.88. The lowest BCUT2D eigenvalue weighted by Crippen LogP contribution is -2.46. The molecule has 2 atom stereocenters. The average molecular weight is 258 g/mol. The van der Waals surface area contributed by atoms with Gasteiger partial charge < -0.3 is 19.3 Å². The van der Waals surface area contributed by atoms with E-state index >= 15 is 0 Å². The SMILES string of the molecule is CCN(CC)CC1COC(CN(CC)CC)CO1. The third-order valence-electron chi connectivity index (χ3n) is 3.75. The first-order chi connectivity index (χ1) is 8.73. The van der Waals surface area contributed by atoms with Crippen molar-refractivity contribution in [1.82, 2.24) is 9.80 Å². The summed E-state index contributed by atoms with van der Waals surface area (Å²) in [7, 11) is 0. The fraction of sp³-hybridized carbons (Fsp3) is 1.00. The molecule has 1 rings (SSSR count). The normalized spacial score (nSPS) is 25.0. The minimum absolute atomic E-state index is 0.248. The Labute approximate surface area is 112 Å². The third kappa shape index (κ3) is 5.22. The van der Waals surface area contributed by atoms with Gasteiger partial charge >= 0.3 is 0 Å². The van der Waals surface area contributed by atoms with Gasteiger partial charge in [-0.3, -0.25) is 0 Å². The largest absolute Gasteiger partial charge is 0.372 e. The highest BCUT2D eigenvalue weighted by molar-refractivity contribution is 4.73. The lowest BCUT2D eigenvalue weighted by Gasteiger charge is -2.34. The van der Waals surface area contributed by atoms with Gasteiger partial charge in [0.05, 0.1) is 25.4 Å². The predicted molar refractivity (Wildman–Crippen MR) is 75.1 cm³/mol. The van der Waals surface area contributed by atoms with Crippen LogP contribution in [0.1, 0.15) is 27.7 Å². The van der Waals surface area contributed by atoms with Crippen molar-refractivity contribution in [3.05, 3.63) is 0 Å². The summed E-state index contributed by atoms with van der Waals surface area (Å²) in [6.45, 7) is 16.6. The van der Waals surface area contributed by atoms with Gasteiger partial charge in [-0.05, 0) is 26.2 Å². The molecule has 1 aliphatic heterocycles. The smallest absolute Gasteiger partial charge is 0.0936 e. The summed E-state index contributed by atoms with van der Waals surface area (Å²) in [6, 6.07) is 0. The maximum atomic E-state index is 5.92. The molecule has 0 aromatic heterocycles. The van der Waals surface area contributed by atoms with E-state index in [1.165, 1.54) is 0 Å². The zero-order chi connectivity index (χ0) is 13.4. The molecule has 0 amide bonds. The number of hydrogen-bond donors (Lipinski definition) is 0. The van der Waals surface area contributed by atoms with E-state index in [4.69, 9.17) is 9.47 Å². The number of hydrogen-bond acceptors (Lipinski definition) is 4. The second-order valence-corrected chi connectivity index (χ2v) is 4.88. The fourth-order valence-electron chi connectivity index (χ4n) is 2.33. The monoisotopic (exact) mass is 258 g/mol. The fourth-order valence-corrected chi connectivity index (χ4v) is 2.33. The first-order valence-corrected chi connectivity index (χ1v) is 7.41. The van der Waals surface area contributed by atoms with E-state index in [9.17, 15) is 0 Å². The Morgan fingerprint density at radius 3 is 1.28 bits per heavy atom. The van der Waals surface area contributed by atoms with Gasteiger partial charge in [0, 0.05) is 13.1 Å². The lowest BCUT2D eigenvalue weighted by molar-refractivity contribution is -0.144. The van der Waals surface area contributed by atoms with Crippen LogP contribution >= 0.6 is 0 Å². The molecule has 0 radical (unpaired) electrons. The Morgan fingerprint density at radius 1 is 0.722 bits per heavy atom. The molecule has 1 heterocycles. The molecule has 4 heteroatoms. The molecular weight excluding hydrogens is 228 g/mol. The van der Waals surface area contributed by atoms with Gasteiger partial charge in [0.15, 0.2) is 0 Å². The summed E-state index contributed by atoms with van der Waals surface area (Å²) >= 11 is 0. The standard InChI is InChI=1S/C14H30N2O2/c1-5-15(6-2)9-13-11-18-14(12-17-13)10-16(7-3)8-4/h13-14H,5-12H2,1-4H3. The molecular formula is C14H30N2O2. The van der Waals surface area contributed by atoms with E-state index in [1.54, 1.807) is 0 Å². The minimum atomic E-state index is 0.248. The van der Waals surface area contributed by atoms with E-state index in [-0.39, 0.29) is 12.2 Å². The van der Waals surface area contributed by atoms with Crippen LogP contribution in [0.5, 0.6) is 0 Å². The maximum Gasteiger partial charge on any atom is 0.0936 e. The number of ether oxygens (including phenoxy) is 2. The molecule has 0 saturated carbocycles. The molecule has 4 nitrogen and oxygen atoms in total. The van der Waals surface area contributed by atoms with Gasteiger partial charge in [-0.15, -0.1) is 0 Å². The highest BCUT2D eigenvalue weighted by Gasteiger charge is 2.24. The molecule has 1 aliphatic rings. The molecule has 18 heavy (non-hydrogen) atoms. The molecule has 1 saturated heterocycles. The average Bonchev–Trinajstić information content (AvgIpc) is 2.43. The Bertz CT molecular complexity index is 176. The zero-order valence-corrected chi connectivity index (χ0v) is 12.5. The van der Waals surface area contributed by atoms with Gasteiger partial charge in [0.25, 0.3) is 0 Å². The van der Waals surface area contributed by atoms with Gasteiger partial charge in [0.2, 0.25) is 0 Å². The van der Waals surface area contributed by atoms with Crippen LogP contribution in [0.3, 0.4) is 0 Å². The van der Waals surface area contributed by atoms with Crippen molar-refractivity contribution < 1.29 is 9.47 Å². The van der Waals surface area contributed by atoms with Gasteiger partial charge in [-0.1, -0.05) is 27.7 Å². The minimum Gasteiger partial charge on any atom is -0.372 e. The van der Waals surface area contributed by atoms with Gasteiger partial charge in [-0.2, -0.15) is 0 Å². The highest BCUT2D eigenvalue weighted by atomic mass is 16.6. The molecule has 1 fully saturated rings. The Morgan fingerprint density at radius 2 is 1.06 bits per heavy atom. The molecule has 2 unspecified atom stereocenters. The van der Waals surface area contributed by atoms with Crippen LogP contribution < -0.4 is 0 Å². The van der Waals surface area contributed by atoms with Crippen molar-refractivity contribution in [2.45, 2.75) is 39.9 Å². The third-order valence-corrected chi connectivity index (χ3v) is 3.75.